The van der Waals surface area contributed by atoms with Gasteiger partial charge in [-0.2, -0.15) is 0 Å². The summed E-state index contributed by atoms with van der Waals surface area (Å²) in [5, 5.41) is 7.11. The lowest BCUT2D eigenvalue weighted by Crippen LogP contribution is -2.26. The second-order valence-electron chi connectivity index (χ2n) is 6.15. The van der Waals surface area contributed by atoms with E-state index in [-0.39, 0.29) is 6.04 Å². The number of thiazole rings is 1. The summed E-state index contributed by atoms with van der Waals surface area (Å²) in [5.74, 6) is 0.483. The number of aromatic nitrogens is 3. The Bertz CT molecular complexity index is 583. The summed E-state index contributed by atoms with van der Waals surface area (Å²) in [5.41, 5.74) is 2.44. The molecule has 0 aliphatic heterocycles. The molecule has 0 saturated heterocycles. The fourth-order valence-corrected chi connectivity index (χ4v) is 3.52. The van der Waals surface area contributed by atoms with Gasteiger partial charge in [-0.05, 0) is 25.2 Å². The largest absolute Gasteiger partial charge is 0.333 e. The zero-order chi connectivity index (χ0) is 14.8. The Hall–Kier alpha value is -1.20. The minimum Gasteiger partial charge on any atom is -0.333 e. The fourth-order valence-electron chi connectivity index (χ4n) is 2.47. The Kier molecular flexibility index (Phi) is 4.40. The molecule has 2 aromatic heterocycles. The van der Waals surface area contributed by atoms with Gasteiger partial charge in [-0.3, -0.25) is 0 Å². The second kappa shape index (κ2) is 6.28. The van der Waals surface area contributed by atoms with Gasteiger partial charge in [-0.25, -0.2) is 9.97 Å². The van der Waals surface area contributed by atoms with Crippen LogP contribution in [0.3, 0.4) is 0 Å². The van der Waals surface area contributed by atoms with E-state index in [0.717, 1.165) is 13.0 Å². The van der Waals surface area contributed by atoms with Crippen molar-refractivity contribution in [3.8, 4) is 0 Å². The van der Waals surface area contributed by atoms with Crippen molar-refractivity contribution in [2.45, 2.75) is 64.6 Å². The highest BCUT2D eigenvalue weighted by Crippen LogP contribution is 2.31. The molecule has 21 heavy (non-hydrogen) atoms. The maximum atomic E-state index is 4.86. The van der Waals surface area contributed by atoms with Crippen molar-refractivity contribution in [3.63, 3.8) is 0 Å². The van der Waals surface area contributed by atoms with Crippen molar-refractivity contribution in [3.05, 3.63) is 34.3 Å². The summed E-state index contributed by atoms with van der Waals surface area (Å²) in [6.45, 7) is 7.61. The Morgan fingerprint density at radius 3 is 2.86 bits per heavy atom. The van der Waals surface area contributed by atoms with Crippen molar-refractivity contribution < 1.29 is 0 Å². The first-order chi connectivity index (χ1) is 10.2. The van der Waals surface area contributed by atoms with E-state index in [1.54, 1.807) is 11.3 Å². The molecule has 4 nitrogen and oxygen atoms in total. The van der Waals surface area contributed by atoms with E-state index in [2.05, 4.69) is 41.0 Å². The molecule has 1 saturated carbocycles. The molecule has 1 atom stereocenters. The quantitative estimate of drug-likeness (QED) is 0.848. The van der Waals surface area contributed by atoms with Gasteiger partial charge in [-0.1, -0.05) is 20.8 Å². The van der Waals surface area contributed by atoms with E-state index >= 15 is 0 Å². The third-order valence-corrected chi connectivity index (χ3v) is 4.79. The highest BCUT2D eigenvalue weighted by Gasteiger charge is 2.29. The fraction of sp³-hybridized carbons (Fsp3) is 0.625. The molecule has 0 spiro atoms. The maximum absolute atomic E-state index is 4.86. The van der Waals surface area contributed by atoms with Crippen LogP contribution >= 0.6 is 11.3 Å². The third kappa shape index (κ3) is 3.35. The summed E-state index contributed by atoms with van der Waals surface area (Å²) in [7, 11) is 0. The summed E-state index contributed by atoms with van der Waals surface area (Å²) >= 11 is 1.77. The average molecular weight is 304 g/mol. The van der Waals surface area contributed by atoms with E-state index in [1.165, 1.54) is 29.2 Å². The number of rotatable bonds is 7. The molecule has 0 bridgehead atoms. The van der Waals surface area contributed by atoms with E-state index < -0.39 is 0 Å². The van der Waals surface area contributed by atoms with Gasteiger partial charge >= 0.3 is 0 Å². The summed E-state index contributed by atoms with van der Waals surface area (Å²) < 4.78 is 2.26. The van der Waals surface area contributed by atoms with Crippen LogP contribution in [0.1, 0.15) is 68.4 Å². The molecule has 2 aromatic rings. The lowest BCUT2D eigenvalue weighted by Gasteiger charge is -2.18. The van der Waals surface area contributed by atoms with Crippen molar-refractivity contribution in [2.75, 3.05) is 0 Å². The predicted octanol–water partition coefficient (Wildman–Crippen LogP) is 3.71. The molecule has 0 aromatic carbocycles. The first-order valence-corrected chi connectivity index (χ1v) is 8.78. The molecule has 5 heteroatoms. The van der Waals surface area contributed by atoms with Gasteiger partial charge in [0, 0.05) is 18.0 Å². The Morgan fingerprint density at radius 2 is 2.24 bits per heavy atom. The zero-order valence-electron chi connectivity index (χ0n) is 13.0. The van der Waals surface area contributed by atoms with Crippen molar-refractivity contribution in [1.82, 2.24) is 19.9 Å². The van der Waals surface area contributed by atoms with Crippen LogP contribution in [0.25, 0.3) is 0 Å². The molecule has 1 aliphatic carbocycles. The Labute approximate surface area is 130 Å². The van der Waals surface area contributed by atoms with Gasteiger partial charge in [0.15, 0.2) is 0 Å². The smallest absolute Gasteiger partial charge is 0.116 e. The van der Waals surface area contributed by atoms with Gasteiger partial charge < -0.3 is 9.88 Å². The van der Waals surface area contributed by atoms with E-state index in [0.29, 0.717) is 12.0 Å². The van der Waals surface area contributed by atoms with E-state index in [1.807, 2.05) is 12.5 Å². The van der Waals surface area contributed by atoms with Crippen LogP contribution < -0.4 is 5.32 Å². The first kappa shape index (κ1) is 14.7. The number of hydrogen-bond donors (Lipinski definition) is 1. The maximum Gasteiger partial charge on any atom is 0.116 e. The van der Waals surface area contributed by atoms with E-state index in [4.69, 9.17) is 4.98 Å². The van der Waals surface area contributed by atoms with Gasteiger partial charge in [0.1, 0.15) is 11.0 Å². The molecule has 0 radical (unpaired) electrons. The van der Waals surface area contributed by atoms with Gasteiger partial charge in [0.2, 0.25) is 0 Å². The Morgan fingerprint density at radius 1 is 1.43 bits per heavy atom. The average Bonchev–Trinajstić information content (AvgIpc) is 2.97. The van der Waals surface area contributed by atoms with Crippen LogP contribution in [0, 0.1) is 0 Å². The lowest BCUT2D eigenvalue weighted by atomic mass is 10.1. The molecule has 1 N–H and O–H groups in total. The van der Waals surface area contributed by atoms with Crippen LogP contribution in [0.5, 0.6) is 0 Å². The molecule has 2 heterocycles. The number of imidazole rings is 1. The lowest BCUT2D eigenvalue weighted by molar-refractivity contribution is 0.539. The Balaban J connectivity index is 1.90. The van der Waals surface area contributed by atoms with E-state index in [9.17, 15) is 0 Å². The van der Waals surface area contributed by atoms with Crippen LogP contribution in [-0.2, 0) is 6.54 Å². The standard InChI is InChI=1S/C16H24N4S/c1-4-7-20-10-17-8-14(20)15(18-12-5-6-12)16-19-13(9-21-16)11(2)3/h8-12,15,18H,4-7H2,1-3H3. The number of hydrogen-bond acceptors (Lipinski definition) is 4. The van der Waals surface area contributed by atoms with Crippen molar-refractivity contribution in [2.24, 2.45) is 0 Å². The van der Waals surface area contributed by atoms with Crippen LogP contribution in [0.15, 0.2) is 17.9 Å². The summed E-state index contributed by atoms with van der Waals surface area (Å²) in [6.07, 6.45) is 7.61. The highest BCUT2D eigenvalue weighted by molar-refractivity contribution is 7.09. The highest BCUT2D eigenvalue weighted by atomic mass is 32.1. The normalized spacial score (nSPS) is 16.6. The molecule has 114 valence electrons. The first-order valence-electron chi connectivity index (χ1n) is 7.90. The molecule has 1 unspecified atom stereocenters. The number of nitrogens with zero attached hydrogens (tertiary/aromatic N) is 3. The van der Waals surface area contributed by atoms with Crippen LogP contribution in [-0.4, -0.2) is 20.6 Å². The van der Waals surface area contributed by atoms with Crippen LogP contribution in [0.2, 0.25) is 0 Å². The number of nitrogens with one attached hydrogen (secondary N) is 1. The number of aryl methyl sites for hydroxylation is 1. The third-order valence-electron chi connectivity index (χ3n) is 3.86. The molecule has 3 rings (SSSR count). The van der Waals surface area contributed by atoms with Gasteiger partial charge in [0.05, 0.1) is 23.9 Å². The SMILES string of the molecule is CCCn1cncc1C(NC1CC1)c1nc(C(C)C)cs1. The molecule has 1 fully saturated rings. The zero-order valence-corrected chi connectivity index (χ0v) is 13.9. The minimum atomic E-state index is 0.184. The molecule has 1 aliphatic rings. The summed E-state index contributed by atoms with van der Waals surface area (Å²) in [4.78, 5) is 9.22. The monoisotopic (exact) mass is 304 g/mol. The molecule has 0 amide bonds. The molecular formula is C16H24N4S. The van der Waals surface area contributed by atoms with Crippen molar-refractivity contribution in [1.29, 1.82) is 0 Å². The topological polar surface area (TPSA) is 42.7 Å². The molecular weight excluding hydrogens is 280 g/mol. The van der Waals surface area contributed by atoms with Gasteiger partial charge in [-0.15, -0.1) is 11.3 Å². The predicted molar refractivity (Wildman–Crippen MR) is 86.7 cm³/mol. The van der Waals surface area contributed by atoms with Crippen LogP contribution in [0.4, 0.5) is 0 Å². The minimum absolute atomic E-state index is 0.184. The summed E-state index contributed by atoms with van der Waals surface area (Å²) in [6, 6.07) is 0.829. The van der Waals surface area contributed by atoms with Crippen molar-refractivity contribution >= 4 is 11.3 Å². The second-order valence-corrected chi connectivity index (χ2v) is 7.04. The van der Waals surface area contributed by atoms with Gasteiger partial charge in [0.25, 0.3) is 0 Å².